The molecule has 0 unspecified atom stereocenters. The topological polar surface area (TPSA) is 35.2 Å². The van der Waals surface area contributed by atoms with E-state index in [4.69, 9.17) is 0 Å². The highest BCUT2D eigenvalue weighted by molar-refractivity contribution is 5.14. The van der Waals surface area contributed by atoms with E-state index in [1.54, 1.807) is 0 Å². The van der Waals surface area contributed by atoms with Crippen LogP contribution in [-0.2, 0) is 13.0 Å². The van der Waals surface area contributed by atoms with E-state index in [9.17, 15) is 0 Å². The Kier molecular flexibility index (Phi) is 5.24. The fraction of sp³-hybridized carbons (Fsp3) is 0.500. The van der Waals surface area contributed by atoms with E-state index in [0.717, 1.165) is 25.3 Å². The number of piperidine rings is 1. The zero-order chi connectivity index (χ0) is 15.2. The fourth-order valence-corrected chi connectivity index (χ4v) is 3.28. The predicted octanol–water partition coefficient (Wildman–Crippen LogP) is 2.55. The largest absolute Gasteiger partial charge is 0.348 e. The maximum absolute atomic E-state index is 4.34. The van der Waals surface area contributed by atoms with Gasteiger partial charge in [0.2, 0.25) is 0 Å². The molecule has 3 rings (SSSR count). The van der Waals surface area contributed by atoms with Crippen molar-refractivity contribution in [2.24, 2.45) is 0 Å². The van der Waals surface area contributed by atoms with Gasteiger partial charge in [-0.05, 0) is 38.4 Å². The molecule has 4 heteroatoms. The quantitative estimate of drug-likeness (QED) is 0.890. The zero-order valence-corrected chi connectivity index (χ0v) is 13.4. The van der Waals surface area contributed by atoms with Gasteiger partial charge in [-0.2, -0.15) is 0 Å². The molecule has 1 aliphatic heterocycles. The molecular formula is C18H26N4. The smallest absolute Gasteiger partial charge is 0.120 e. The van der Waals surface area contributed by atoms with Crippen LogP contribution in [0.3, 0.4) is 0 Å². The number of hydrogen-bond acceptors (Lipinski definition) is 3. The highest BCUT2D eigenvalue weighted by atomic mass is 15.2. The first-order valence-electron chi connectivity index (χ1n) is 8.26. The summed E-state index contributed by atoms with van der Waals surface area (Å²) in [7, 11) is 2.22. The summed E-state index contributed by atoms with van der Waals surface area (Å²) in [5.74, 6) is 1.06. The lowest BCUT2D eigenvalue weighted by molar-refractivity contribution is 0.111. The second kappa shape index (κ2) is 7.56. The summed E-state index contributed by atoms with van der Waals surface area (Å²) in [5, 5.41) is 0. The number of nitrogens with zero attached hydrogens (tertiary/aromatic N) is 3. The molecule has 0 amide bonds. The lowest BCUT2D eigenvalue weighted by atomic mass is 10.0. The number of benzene rings is 1. The Morgan fingerprint density at radius 2 is 2.18 bits per heavy atom. The van der Waals surface area contributed by atoms with Crippen LogP contribution in [0.1, 0.15) is 24.2 Å². The van der Waals surface area contributed by atoms with E-state index in [1.807, 2.05) is 12.4 Å². The first-order chi connectivity index (χ1) is 10.8. The average molecular weight is 298 g/mol. The molecule has 0 saturated carbocycles. The lowest BCUT2D eigenvalue weighted by Crippen LogP contribution is -2.46. The van der Waals surface area contributed by atoms with Gasteiger partial charge in [-0.25, -0.2) is 4.98 Å². The second-order valence-corrected chi connectivity index (χ2v) is 6.28. The highest BCUT2D eigenvalue weighted by Gasteiger charge is 2.23. The van der Waals surface area contributed by atoms with Crippen LogP contribution in [0.5, 0.6) is 0 Å². The summed E-state index contributed by atoms with van der Waals surface area (Å²) in [6, 6.07) is 11.4. The summed E-state index contributed by atoms with van der Waals surface area (Å²) in [6.45, 7) is 4.47. The van der Waals surface area contributed by atoms with Gasteiger partial charge >= 0.3 is 0 Å². The normalized spacial score (nSPS) is 19.6. The number of hydrogen-bond donors (Lipinski definition) is 1. The molecule has 1 aliphatic rings. The molecule has 1 aromatic carbocycles. The molecule has 2 heterocycles. The molecule has 22 heavy (non-hydrogen) atoms. The molecule has 0 aliphatic carbocycles. The number of aromatic nitrogens is 2. The number of rotatable bonds is 6. The Labute approximate surface area is 133 Å². The standard InChI is InChI=1S/C18H26N4/c1-21(15-18-19-10-11-20-18)17-8-5-12-22(14-17)13-9-16-6-3-2-4-7-16/h2-4,6-7,10-11,17H,5,8-9,12-15H2,1H3,(H,19,20)/t17-/m1/s1. The van der Waals surface area contributed by atoms with Gasteiger partial charge in [-0.3, -0.25) is 4.90 Å². The molecule has 1 atom stereocenters. The Bertz CT molecular complexity index is 537. The van der Waals surface area contributed by atoms with Gasteiger partial charge in [-0.15, -0.1) is 0 Å². The van der Waals surface area contributed by atoms with E-state index < -0.39 is 0 Å². The monoisotopic (exact) mass is 298 g/mol. The maximum Gasteiger partial charge on any atom is 0.120 e. The van der Waals surface area contributed by atoms with Crippen LogP contribution < -0.4 is 0 Å². The number of nitrogens with one attached hydrogen (secondary N) is 1. The molecule has 4 nitrogen and oxygen atoms in total. The number of aromatic amines is 1. The van der Waals surface area contributed by atoms with Crippen molar-refractivity contribution in [2.75, 3.05) is 26.7 Å². The van der Waals surface area contributed by atoms with Crippen molar-refractivity contribution in [3.05, 3.63) is 54.1 Å². The minimum absolute atomic E-state index is 0.634. The van der Waals surface area contributed by atoms with Gasteiger partial charge in [0.05, 0.1) is 6.54 Å². The van der Waals surface area contributed by atoms with Gasteiger partial charge in [0.1, 0.15) is 5.82 Å². The summed E-state index contributed by atoms with van der Waals surface area (Å²) in [4.78, 5) is 12.6. The van der Waals surface area contributed by atoms with Gasteiger partial charge in [0.25, 0.3) is 0 Å². The second-order valence-electron chi connectivity index (χ2n) is 6.28. The van der Waals surface area contributed by atoms with Gasteiger partial charge in [0.15, 0.2) is 0 Å². The van der Waals surface area contributed by atoms with E-state index in [2.05, 4.69) is 57.1 Å². The van der Waals surface area contributed by atoms with Crippen LogP contribution in [0.2, 0.25) is 0 Å². The van der Waals surface area contributed by atoms with Gasteiger partial charge in [-0.1, -0.05) is 30.3 Å². The van der Waals surface area contributed by atoms with Crippen molar-refractivity contribution in [3.63, 3.8) is 0 Å². The van der Waals surface area contributed by atoms with Gasteiger partial charge < -0.3 is 9.88 Å². The molecule has 0 bridgehead atoms. The van der Waals surface area contributed by atoms with Crippen molar-refractivity contribution >= 4 is 0 Å². The van der Waals surface area contributed by atoms with E-state index >= 15 is 0 Å². The molecule has 118 valence electrons. The van der Waals surface area contributed by atoms with Crippen LogP contribution in [-0.4, -0.2) is 52.5 Å². The van der Waals surface area contributed by atoms with Crippen LogP contribution in [0, 0.1) is 0 Å². The number of imidazole rings is 1. The lowest BCUT2D eigenvalue weighted by Gasteiger charge is -2.37. The SMILES string of the molecule is CN(Cc1ncc[nH]1)[C@@H]1CCCN(CCc2ccccc2)C1. The first kappa shape index (κ1) is 15.3. The molecule has 0 radical (unpaired) electrons. The third kappa shape index (κ3) is 4.18. The Morgan fingerprint density at radius 3 is 2.95 bits per heavy atom. The van der Waals surface area contributed by atoms with Crippen LogP contribution in [0.25, 0.3) is 0 Å². The van der Waals surface area contributed by atoms with Crippen LogP contribution in [0.15, 0.2) is 42.7 Å². The summed E-state index contributed by atoms with van der Waals surface area (Å²) in [5.41, 5.74) is 1.44. The van der Waals surface area contributed by atoms with E-state index in [-0.39, 0.29) is 0 Å². The van der Waals surface area contributed by atoms with Gasteiger partial charge in [0, 0.05) is 31.5 Å². The number of likely N-dealkylation sites (N-methyl/N-ethyl adjacent to an activating group) is 1. The summed E-state index contributed by atoms with van der Waals surface area (Å²) < 4.78 is 0. The van der Waals surface area contributed by atoms with Crippen molar-refractivity contribution in [2.45, 2.75) is 31.8 Å². The Balaban J connectivity index is 1.48. The van der Waals surface area contributed by atoms with E-state index in [1.165, 1.54) is 31.5 Å². The van der Waals surface area contributed by atoms with Crippen molar-refractivity contribution in [1.29, 1.82) is 0 Å². The molecule has 1 saturated heterocycles. The Hall–Kier alpha value is -1.65. The third-order valence-electron chi connectivity index (χ3n) is 4.62. The highest BCUT2D eigenvalue weighted by Crippen LogP contribution is 2.16. The maximum atomic E-state index is 4.34. The number of H-pyrrole nitrogens is 1. The average Bonchev–Trinajstić information content (AvgIpc) is 3.07. The number of likely N-dealkylation sites (tertiary alicyclic amines) is 1. The fourth-order valence-electron chi connectivity index (χ4n) is 3.28. The minimum Gasteiger partial charge on any atom is -0.348 e. The molecule has 1 aromatic heterocycles. The third-order valence-corrected chi connectivity index (χ3v) is 4.62. The summed E-state index contributed by atoms with van der Waals surface area (Å²) in [6.07, 6.45) is 7.46. The molecular weight excluding hydrogens is 272 g/mol. The first-order valence-corrected chi connectivity index (χ1v) is 8.26. The molecule has 2 aromatic rings. The summed E-state index contributed by atoms with van der Waals surface area (Å²) >= 11 is 0. The van der Waals surface area contributed by atoms with Crippen molar-refractivity contribution < 1.29 is 0 Å². The predicted molar refractivity (Wildman–Crippen MR) is 89.7 cm³/mol. The van der Waals surface area contributed by atoms with E-state index in [0.29, 0.717) is 6.04 Å². The zero-order valence-electron chi connectivity index (χ0n) is 13.4. The minimum atomic E-state index is 0.634. The van der Waals surface area contributed by atoms with Crippen LogP contribution in [0.4, 0.5) is 0 Å². The molecule has 1 N–H and O–H groups in total. The van der Waals surface area contributed by atoms with Crippen molar-refractivity contribution in [3.8, 4) is 0 Å². The Morgan fingerprint density at radius 1 is 1.32 bits per heavy atom. The van der Waals surface area contributed by atoms with Crippen molar-refractivity contribution in [1.82, 2.24) is 19.8 Å². The van der Waals surface area contributed by atoms with Crippen LogP contribution >= 0.6 is 0 Å². The molecule has 0 spiro atoms. The molecule has 1 fully saturated rings.